The summed E-state index contributed by atoms with van der Waals surface area (Å²) in [4.78, 5) is 16.6. The Morgan fingerprint density at radius 2 is 2.08 bits per heavy atom. The zero-order chi connectivity index (χ0) is 16.9. The average molecular weight is 332 g/mol. The Balaban J connectivity index is 1.44. The number of anilines is 1. The van der Waals surface area contributed by atoms with Gasteiger partial charge in [-0.2, -0.15) is 5.10 Å². The van der Waals surface area contributed by atoms with Crippen LogP contribution in [0.1, 0.15) is 44.2 Å². The van der Waals surface area contributed by atoms with E-state index in [0.717, 1.165) is 63.3 Å². The first kappa shape index (κ1) is 17.1. The van der Waals surface area contributed by atoms with Gasteiger partial charge in [0.05, 0.1) is 11.8 Å². The quantitative estimate of drug-likeness (QED) is 0.827. The van der Waals surface area contributed by atoms with Crippen LogP contribution in [0.4, 0.5) is 5.82 Å². The van der Waals surface area contributed by atoms with E-state index in [4.69, 9.17) is 4.74 Å². The Bertz CT molecular complexity index is 534. The molecule has 2 fully saturated rings. The molecule has 6 heteroatoms. The molecule has 0 bridgehead atoms. The monoisotopic (exact) mass is 332 g/mol. The summed E-state index contributed by atoms with van der Waals surface area (Å²) in [5, 5.41) is 8.39. The third kappa shape index (κ3) is 4.23. The first-order chi connectivity index (χ1) is 11.6. The second-order valence-electron chi connectivity index (χ2n) is 6.93. The summed E-state index contributed by atoms with van der Waals surface area (Å²) in [5.74, 6) is 1.19. The van der Waals surface area contributed by atoms with E-state index in [1.807, 2.05) is 24.0 Å². The molecule has 3 rings (SSSR count). The van der Waals surface area contributed by atoms with Crippen molar-refractivity contribution < 1.29 is 9.53 Å². The van der Waals surface area contributed by atoms with Crippen molar-refractivity contribution in [3.63, 3.8) is 0 Å². The summed E-state index contributed by atoms with van der Waals surface area (Å²) in [6, 6.07) is 4.42. The zero-order valence-corrected chi connectivity index (χ0v) is 14.8. The van der Waals surface area contributed by atoms with Crippen molar-refractivity contribution in [3.8, 4) is 0 Å². The molecule has 2 aliphatic rings. The number of ether oxygens (including phenoxy) is 1. The minimum Gasteiger partial charge on any atom is -0.378 e. The molecule has 0 N–H and O–H groups in total. The van der Waals surface area contributed by atoms with E-state index < -0.39 is 0 Å². The van der Waals surface area contributed by atoms with Crippen LogP contribution < -0.4 is 4.90 Å². The summed E-state index contributed by atoms with van der Waals surface area (Å²) in [6.07, 6.45) is 6.01. The first-order valence-corrected chi connectivity index (χ1v) is 9.06. The van der Waals surface area contributed by atoms with Gasteiger partial charge >= 0.3 is 0 Å². The fourth-order valence-corrected chi connectivity index (χ4v) is 3.58. The van der Waals surface area contributed by atoms with Gasteiger partial charge in [0.1, 0.15) is 0 Å². The molecule has 0 aliphatic carbocycles. The number of likely N-dealkylation sites (tertiary alicyclic amines) is 1. The van der Waals surface area contributed by atoms with Crippen LogP contribution >= 0.6 is 0 Å². The van der Waals surface area contributed by atoms with Gasteiger partial charge in [-0.15, -0.1) is 5.10 Å². The third-order valence-electron chi connectivity index (χ3n) is 5.21. The minimum atomic E-state index is 0.279. The van der Waals surface area contributed by atoms with E-state index in [1.54, 1.807) is 0 Å². The van der Waals surface area contributed by atoms with E-state index in [1.165, 1.54) is 0 Å². The lowest BCUT2D eigenvalue weighted by Gasteiger charge is -2.37. The summed E-state index contributed by atoms with van der Waals surface area (Å²) in [6.45, 7) is 4.47. The summed E-state index contributed by atoms with van der Waals surface area (Å²) >= 11 is 0. The standard InChI is InChI=1S/C18H28N4O2/c1-14-5-7-17(20-19-14)21(2)15-9-11-22(12-10-15)18(23)8-6-16-4-3-13-24-16/h5,7,15-16H,3-4,6,8-13H2,1-2H3/t16-/m1/s1. The van der Waals surface area contributed by atoms with Crippen LogP contribution in [-0.4, -0.2) is 59.9 Å². The van der Waals surface area contributed by atoms with Crippen molar-refractivity contribution in [3.05, 3.63) is 17.8 Å². The average Bonchev–Trinajstić information content (AvgIpc) is 3.13. The smallest absolute Gasteiger partial charge is 0.222 e. The largest absolute Gasteiger partial charge is 0.378 e. The van der Waals surface area contributed by atoms with E-state index in [9.17, 15) is 4.79 Å². The van der Waals surface area contributed by atoms with Gasteiger partial charge in [0.15, 0.2) is 5.82 Å². The van der Waals surface area contributed by atoms with E-state index >= 15 is 0 Å². The van der Waals surface area contributed by atoms with Crippen LogP contribution in [0.5, 0.6) is 0 Å². The maximum absolute atomic E-state index is 12.4. The van der Waals surface area contributed by atoms with Gasteiger partial charge in [0, 0.05) is 39.2 Å². The molecule has 0 aromatic carbocycles. The van der Waals surface area contributed by atoms with Crippen molar-refractivity contribution >= 4 is 11.7 Å². The maximum Gasteiger partial charge on any atom is 0.222 e. The van der Waals surface area contributed by atoms with Crippen LogP contribution in [0, 0.1) is 6.92 Å². The predicted octanol–water partition coefficient (Wildman–Crippen LogP) is 2.17. The molecule has 1 amide bonds. The topological polar surface area (TPSA) is 58.6 Å². The highest BCUT2D eigenvalue weighted by Crippen LogP contribution is 2.22. The molecule has 1 atom stereocenters. The Morgan fingerprint density at radius 3 is 2.71 bits per heavy atom. The molecule has 0 saturated carbocycles. The van der Waals surface area contributed by atoms with E-state index in [2.05, 4.69) is 22.1 Å². The van der Waals surface area contributed by atoms with Gasteiger partial charge in [-0.25, -0.2) is 0 Å². The molecule has 0 unspecified atom stereocenters. The Labute approximate surface area is 144 Å². The Morgan fingerprint density at radius 1 is 1.29 bits per heavy atom. The van der Waals surface area contributed by atoms with Crippen molar-refractivity contribution in [2.24, 2.45) is 0 Å². The van der Waals surface area contributed by atoms with Gasteiger partial charge in [0.25, 0.3) is 0 Å². The summed E-state index contributed by atoms with van der Waals surface area (Å²) in [5.41, 5.74) is 0.929. The fraction of sp³-hybridized carbons (Fsp3) is 0.722. The number of rotatable bonds is 5. The number of carbonyl (C=O) groups excluding carboxylic acids is 1. The van der Waals surface area contributed by atoms with Crippen molar-refractivity contribution in [1.82, 2.24) is 15.1 Å². The van der Waals surface area contributed by atoms with Crippen LogP contribution in [0.15, 0.2) is 12.1 Å². The number of nitrogens with zero attached hydrogens (tertiary/aromatic N) is 4. The molecular formula is C18H28N4O2. The lowest BCUT2D eigenvalue weighted by Crippen LogP contribution is -2.46. The van der Waals surface area contributed by atoms with Gasteiger partial charge in [0.2, 0.25) is 5.91 Å². The molecule has 6 nitrogen and oxygen atoms in total. The second kappa shape index (κ2) is 7.92. The lowest BCUT2D eigenvalue weighted by atomic mass is 10.0. The van der Waals surface area contributed by atoms with Crippen LogP contribution in [-0.2, 0) is 9.53 Å². The highest BCUT2D eigenvalue weighted by Gasteiger charge is 2.26. The molecule has 0 radical (unpaired) electrons. The minimum absolute atomic E-state index is 0.279. The number of piperidine rings is 1. The molecule has 24 heavy (non-hydrogen) atoms. The van der Waals surface area contributed by atoms with Crippen LogP contribution in [0.2, 0.25) is 0 Å². The predicted molar refractivity (Wildman–Crippen MR) is 93.0 cm³/mol. The Hall–Kier alpha value is -1.69. The van der Waals surface area contributed by atoms with Crippen molar-refractivity contribution in [2.75, 3.05) is 31.6 Å². The van der Waals surface area contributed by atoms with Crippen molar-refractivity contribution in [2.45, 2.75) is 57.6 Å². The number of carbonyl (C=O) groups is 1. The number of hydrogen-bond acceptors (Lipinski definition) is 5. The number of aryl methyl sites for hydroxylation is 1. The van der Waals surface area contributed by atoms with Gasteiger partial charge in [-0.3, -0.25) is 4.79 Å². The third-order valence-corrected chi connectivity index (χ3v) is 5.21. The van der Waals surface area contributed by atoms with Gasteiger partial charge in [-0.1, -0.05) is 0 Å². The van der Waals surface area contributed by atoms with Crippen LogP contribution in [0.3, 0.4) is 0 Å². The second-order valence-corrected chi connectivity index (χ2v) is 6.93. The molecule has 2 saturated heterocycles. The number of amides is 1. The number of aromatic nitrogens is 2. The van der Waals surface area contributed by atoms with Crippen LogP contribution in [0.25, 0.3) is 0 Å². The van der Waals surface area contributed by atoms with Crippen molar-refractivity contribution in [1.29, 1.82) is 0 Å². The maximum atomic E-state index is 12.4. The summed E-state index contributed by atoms with van der Waals surface area (Å²) < 4.78 is 5.61. The molecule has 132 valence electrons. The summed E-state index contributed by atoms with van der Waals surface area (Å²) in [7, 11) is 2.07. The number of hydrogen-bond donors (Lipinski definition) is 0. The molecule has 2 aliphatic heterocycles. The van der Waals surface area contributed by atoms with Gasteiger partial charge in [-0.05, 0) is 51.2 Å². The molecule has 1 aromatic heterocycles. The van der Waals surface area contributed by atoms with E-state index in [-0.39, 0.29) is 5.91 Å². The fourth-order valence-electron chi connectivity index (χ4n) is 3.58. The highest BCUT2D eigenvalue weighted by molar-refractivity contribution is 5.76. The highest BCUT2D eigenvalue weighted by atomic mass is 16.5. The molecular weight excluding hydrogens is 304 g/mol. The normalized spacial score (nSPS) is 21.9. The molecule has 3 heterocycles. The molecule has 1 aromatic rings. The molecule has 0 spiro atoms. The Kier molecular flexibility index (Phi) is 5.66. The van der Waals surface area contributed by atoms with E-state index in [0.29, 0.717) is 18.6 Å². The zero-order valence-electron chi connectivity index (χ0n) is 14.8. The SMILES string of the molecule is Cc1ccc(N(C)C2CCN(C(=O)CC[C@H]3CCCO3)CC2)nn1. The lowest BCUT2D eigenvalue weighted by molar-refractivity contribution is -0.132. The first-order valence-electron chi connectivity index (χ1n) is 9.06. The van der Waals surface area contributed by atoms with Gasteiger partial charge < -0.3 is 14.5 Å².